The summed E-state index contributed by atoms with van der Waals surface area (Å²) in [5.74, 6) is 0.650. The maximum Gasteiger partial charge on any atom is 0.280 e. The zero-order valence-electron chi connectivity index (χ0n) is 16.5. The molecule has 4 rings (SSSR count). The number of hydrogen-bond donors (Lipinski definition) is 1. The summed E-state index contributed by atoms with van der Waals surface area (Å²) in [5.41, 5.74) is 7.20. The second-order valence-electron chi connectivity index (χ2n) is 6.61. The Labute approximate surface area is 182 Å². The third-order valence-electron chi connectivity index (χ3n) is 4.69. The molecule has 154 valence electrons. The number of nitriles is 2. The van der Waals surface area contributed by atoms with E-state index >= 15 is 0 Å². The number of para-hydroxylation sites is 2. The molecular formula is C23H14N6O3. The smallest absolute Gasteiger partial charge is 0.280 e. The van der Waals surface area contributed by atoms with Gasteiger partial charge >= 0.3 is 0 Å². The second kappa shape index (κ2) is 8.30. The molecule has 0 aliphatic rings. The number of furan rings is 1. The lowest BCUT2D eigenvalue weighted by atomic mass is 10.1. The van der Waals surface area contributed by atoms with Crippen LogP contribution in [0.5, 0.6) is 0 Å². The molecule has 32 heavy (non-hydrogen) atoms. The molecule has 4 aromatic rings. The first-order chi connectivity index (χ1) is 15.5. The van der Waals surface area contributed by atoms with E-state index in [4.69, 9.17) is 10.2 Å². The molecular weight excluding hydrogens is 408 g/mol. The zero-order chi connectivity index (χ0) is 22.7. The van der Waals surface area contributed by atoms with E-state index in [2.05, 4.69) is 5.10 Å². The normalized spacial score (nSPS) is 11.0. The van der Waals surface area contributed by atoms with Crippen LogP contribution in [0.3, 0.4) is 0 Å². The van der Waals surface area contributed by atoms with E-state index in [1.807, 2.05) is 18.2 Å². The molecule has 2 aromatic heterocycles. The summed E-state index contributed by atoms with van der Waals surface area (Å²) >= 11 is 0. The summed E-state index contributed by atoms with van der Waals surface area (Å²) in [5, 5.41) is 35.0. The highest BCUT2D eigenvalue weighted by atomic mass is 16.6. The number of aromatic nitrogens is 2. The van der Waals surface area contributed by atoms with Gasteiger partial charge < -0.3 is 10.2 Å². The van der Waals surface area contributed by atoms with Gasteiger partial charge in [-0.15, -0.1) is 0 Å². The molecule has 2 aromatic carbocycles. The summed E-state index contributed by atoms with van der Waals surface area (Å²) in [4.78, 5) is 10.8. The number of rotatable bonds is 5. The number of anilines is 1. The predicted molar refractivity (Wildman–Crippen MR) is 117 cm³/mol. The van der Waals surface area contributed by atoms with Gasteiger partial charge in [-0.25, -0.2) is 4.68 Å². The van der Waals surface area contributed by atoms with Gasteiger partial charge in [0, 0.05) is 12.1 Å². The summed E-state index contributed by atoms with van der Waals surface area (Å²) in [6, 6.07) is 22.3. The average Bonchev–Trinajstić information content (AvgIpc) is 3.42. The Morgan fingerprint density at radius 2 is 1.81 bits per heavy atom. The van der Waals surface area contributed by atoms with E-state index in [9.17, 15) is 20.6 Å². The van der Waals surface area contributed by atoms with Crippen molar-refractivity contribution >= 4 is 23.2 Å². The molecule has 0 unspecified atom stereocenters. The summed E-state index contributed by atoms with van der Waals surface area (Å²) in [7, 11) is 0. The van der Waals surface area contributed by atoms with Crippen LogP contribution in [0.25, 0.3) is 28.7 Å². The van der Waals surface area contributed by atoms with Gasteiger partial charge in [0.25, 0.3) is 5.69 Å². The predicted octanol–water partition coefficient (Wildman–Crippen LogP) is 4.56. The third kappa shape index (κ3) is 3.58. The largest absolute Gasteiger partial charge is 0.456 e. The lowest BCUT2D eigenvalue weighted by Gasteiger charge is -2.02. The highest BCUT2D eigenvalue weighted by Crippen LogP contribution is 2.32. The van der Waals surface area contributed by atoms with Gasteiger partial charge in [-0.3, -0.25) is 10.1 Å². The molecule has 9 heteroatoms. The van der Waals surface area contributed by atoms with Crippen LogP contribution in [-0.2, 0) is 0 Å². The fraction of sp³-hybridized carbons (Fsp3) is 0. The number of nitro groups is 1. The minimum Gasteiger partial charge on any atom is -0.456 e. The fourth-order valence-corrected chi connectivity index (χ4v) is 3.21. The lowest BCUT2D eigenvalue weighted by molar-refractivity contribution is -0.384. The van der Waals surface area contributed by atoms with Crippen molar-refractivity contribution in [3.63, 3.8) is 0 Å². The SMILES string of the molecule is N#C/C(=C\c1ccc(-c2ccccc2[N+](=O)[O-])o1)c1nn(-c2ccccc2)c(N)c1C#N. The van der Waals surface area contributed by atoms with E-state index in [1.165, 1.54) is 16.8 Å². The molecule has 2 N–H and O–H groups in total. The van der Waals surface area contributed by atoms with Crippen molar-refractivity contribution in [2.24, 2.45) is 0 Å². The average molecular weight is 422 g/mol. The Kier molecular flexibility index (Phi) is 5.22. The van der Waals surface area contributed by atoms with Gasteiger partial charge in [0.15, 0.2) is 0 Å². The molecule has 0 aliphatic carbocycles. The highest BCUT2D eigenvalue weighted by Gasteiger charge is 2.21. The van der Waals surface area contributed by atoms with Crippen LogP contribution < -0.4 is 5.73 Å². The zero-order valence-corrected chi connectivity index (χ0v) is 16.5. The molecule has 0 bridgehead atoms. The van der Waals surface area contributed by atoms with Crippen molar-refractivity contribution < 1.29 is 9.34 Å². The van der Waals surface area contributed by atoms with Crippen molar-refractivity contribution in [1.82, 2.24) is 9.78 Å². The monoisotopic (exact) mass is 422 g/mol. The number of allylic oxidation sites excluding steroid dienone is 1. The van der Waals surface area contributed by atoms with E-state index in [0.29, 0.717) is 11.3 Å². The topological polar surface area (TPSA) is 148 Å². The standard InChI is InChI=1S/C23H14N6O3/c24-13-15(22-19(14-25)23(26)28(27-22)16-6-2-1-3-7-16)12-17-10-11-21(32-17)18-8-4-5-9-20(18)29(30)31/h1-12H,26H2/b15-12+. The Balaban J connectivity index is 1.77. The van der Waals surface area contributed by atoms with Crippen molar-refractivity contribution in [3.05, 3.63) is 93.9 Å². The maximum absolute atomic E-state index is 11.3. The van der Waals surface area contributed by atoms with E-state index in [1.54, 1.807) is 54.6 Å². The molecule has 0 fully saturated rings. The molecule has 0 saturated heterocycles. The van der Waals surface area contributed by atoms with Crippen molar-refractivity contribution in [2.75, 3.05) is 5.73 Å². The van der Waals surface area contributed by atoms with Crippen LogP contribution in [0.15, 0.2) is 71.1 Å². The summed E-state index contributed by atoms with van der Waals surface area (Å²) in [6.07, 6.45) is 1.41. The molecule has 0 saturated carbocycles. The molecule has 2 heterocycles. The fourth-order valence-electron chi connectivity index (χ4n) is 3.21. The Hall–Kier alpha value is -5.15. The Bertz CT molecular complexity index is 1430. The minimum atomic E-state index is -0.494. The molecule has 0 atom stereocenters. The molecule has 0 radical (unpaired) electrons. The molecule has 0 spiro atoms. The molecule has 9 nitrogen and oxygen atoms in total. The van der Waals surface area contributed by atoms with Gasteiger partial charge in [0.2, 0.25) is 0 Å². The number of nitrogens with zero attached hydrogens (tertiary/aromatic N) is 5. The van der Waals surface area contributed by atoms with Crippen LogP contribution in [-0.4, -0.2) is 14.7 Å². The van der Waals surface area contributed by atoms with Crippen molar-refractivity contribution in [2.45, 2.75) is 0 Å². The second-order valence-corrected chi connectivity index (χ2v) is 6.61. The lowest BCUT2D eigenvalue weighted by Crippen LogP contribution is -2.02. The minimum absolute atomic E-state index is 0.0615. The number of nitrogen functional groups attached to an aromatic ring is 1. The number of benzene rings is 2. The number of hydrogen-bond acceptors (Lipinski definition) is 7. The van der Waals surface area contributed by atoms with Gasteiger partial charge in [-0.1, -0.05) is 30.3 Å². The first-order valence-corrected chi connectivity index (χ1v) is 9.33. The quantitative estimate of drug-likeness (QED) is 0.281. The Morgan fingerprint density at radius 1 is 1.09 bits per heavy atom. The van der Waals surface area contributed by atoms with Gasteiger partial charge in [0.05, 0.1) is 21.7 Å². The van der Waals surface area contributed by atoms with Crippen molar-refractivity contribution in [3.8, 4) is 29.1 Å². The summed E-state index contributed by atoms with van der Waals surface area (Å²) < 4.78 is 7.12. The Morgan fingerprint density at radius 3 is 2.50 bits per heavy atom. The van der Waals surface area contributed by atoms with Gasteiger partial charge in [0.1, 0.15) is 40.7 Å². The van der Waals surface area contributed by atoms with Crippen LogP contribution in [0.4, 0.5) is 11.5 Å². The summed E-state index contributed by atoms with van der Waals surface area (Å²) in [6.45, 7) is 0. The van der Waals surface area contributed by atoms with E-state index in [0.717, 1.165) is 0 Å². The van der Waals surface area contributed by atoms with Crippen LogP contribution in [0.1, 0.15) is 17.0 Å². The third-order valence-corrected chi connectivity index (χ3v) is 4.69. The molecule has 0 amide bonds. The highest BCUT2D eigenvalue weighted by molar-refractivity contribution is 5.91. The first-order valence-electron chi connectivity index (χ1n) is 9.33. The number of nitrogens with two attached hydrogens (primary N) is 1. The van der Waals surface area contributed by atoms with Gasteiger partial charge in [-0.2, -0.15) is 15.6 Å². The van der Waals surface area contributed by atoms with Crippen LogP contribution in [0.2, 0.25) is 0 Å². The molecule has 0 aliphatic heterocycles. The van der Waals surface area contributed by atoms with E-state index < -0.39 is 4.92 Å². The van der Waals surface area contributed by atoms with E-state index in [-0.39, 0.29) is 39.9 Å². The van der Waals surface area contributed by atoms with Gasteiger partial charge in [-0.05, 0) is 30.3 Å². The van der Waals surface area contributed by atoms with Crippen molar-refractivity contribution in [1.29, 1.82) is 10.5 Å². The maximum atomic E-state index is 11.3. The van der Waals surface area contributed by atoms with Crippen LogP contribution >= 0.6 is 0 Å². The number of nitro benzene ring substituents is 1. The van der Waals surface area contributed by atoms with Crippen LogP contribution in [0, 0.1) is 32.8 Å². The first kappa shape index (κ1) is 20.1.